The smallest absolute Gasteiger partial charge is 0.435 e. The molecule has 0 radical (unpaired) electrons. The highest BCUT2D eigenvalue weighted by molar-refractivity contribution is 6.03. The Morgan fingerprint density at radius 1 is 0.848 bits per heavy atom. The summed E-state index contributed by atoms with van der Waals surface area (Å²) in [5, 5.41) is 0. The van der Waals surface area contributed by atoms with Crippen molar-refractivity contribution in [1.82, 2.24) is 4.90 Å². The Labute approximate surface area is 193 Å². The molecule has 0 spiro atoms. The highest BCUT2D eigenvalue weighted by Gasteiger charge is 2.30. The van der Waals surface area contributed by atoms with Crippen molar-refractivity contribution in [2.45, 2.75) is 31.7 Å². The number of carbonyl (C=O) groups excluding carboxylic acids is 3. The van der Waals surface area contributed by atoms with E-state index in [1.54, 1.807) is 17.0 Å². The Balaban J connectivity index is 1.64. The summed E-state index contributed by atoms with van der Waals surface area (Å²) in [7, 11) is 4.47. The number of esters is 1. The molecule has 0 unspecified atom stereocenters. The van der Waals surface area contributed by atoms with Gasteiger partial charge in [0.05, 0.1) is 20.1 Å². The van der Waals surface area contributed by atoms with E-state index in [1.807, 2.05) is 43.4 Å². The summed E-state index contributed by atoms with van der Waals surface area (Å²) in [6, 6.07) is 14.8. The van der Waals surface area contributed by atoms with Crippen LogP contribution < -0.4 is 5.73 Å². The van der Waals surface area contributed by atoms with Crippen molar-refractivity contribution in [2.75, 3.05) is 21.3 Å². The Hall–Kier alpha value is -3.68. The SMILES string of the molecule is COC(=O)N=C(N)c1ccc(-c2ccc(C(=O)N(C)C3CCC(C(=O)OC)CC3)cc2)cc1. The van der Waals surface area contributed by atoms with Crippen LogP contribution in [0.1, 0.15) is 41.6 Å². The lowest BCUT2D eigenvalue weighted by atomic mass is 9.85. The van der Waals surface area contributed by atoms with Crippen LogP contribution in [0.15, 0.2) is 53.5 Å². The predicted molar refractivity (Wildman–Crippen MR) is 125 cm³/mol. The molecule has 0 saturated heterocycles. The fraction of sp³-hybridized carbons (Fsp3) is 0.360. The van der Waals surface area contributed by atoms with E-state index in [0.717, 1.165) is 36.8 Å². The van der Waals surface area contributed by atoms with Gasteiger partial charge in [-0.3, -0.25) is 9.59 Å². The van der Waals surface area contributed by atoms with Crippen LogP contribution in [0.5, 0.6) is 0 Å². The Bertz CT molecular complexity index is 1020. The van der Waals surface area contributed by atoms with Gasteiger partial charge in [0.1, 0.15) is 5.84 Å². The van der Waals surface area contributed by atoms with Gasteiger partial charge in [0.25, 0.3) is 5.91 Å². The second kappa shape index (κ2) is 10.8. The fourth-order valence-corrected chi connectivity index (χ4v) is 4.08. The van der Waals surface area contributed by atoms with Crippen LogP contribution in [0.2, 0.25) is 0 Å². The number of hydrogen-bond acceptors (Lipinski definition) is 5. The molecule has 0 aliphatic heterocycles. The third-order valence-corrected chi connectivity index (χ3v) is 6.13. The number of amidine groups is 1. The maximum atomic E-state index is 13.0. The first-order valence-electron chi connectivity index (χ1n) is 10.8. The zero-order valence-electron chi connectivity index (χ0n) is 19.1. The first kappa shape index (κ1) is 24.0. The molecule has 2 amide bonds. The van der Waals surface area contributed by atoms with E-state index in [9.17, 15) is 14.4 Å². The molecule has 174 valence electrons. The molecule has 1 aliphatic rings. The van der Waals surface area contributed by atoms with Gasteiger partial charge in [-0.05, 0) is 48.9 Å². The van der Waals surface area contributed by atoms with Crippen LogP contribution in [0.3, 0.4) is 0 Å². The van der Waals surface area contributed by atoms with Gasteiger partial charge in [-0.2, -0.15) is 4.99 Å². The van der Waals surface area contributed by atoms with Gasteiger partial charge in [-0.25, -0.2) is 4.79 Å². The topological polar surface area (TPSA) is 111 Å². The molecule has 8 heteroatoms. The van der Waals surface area contributed by atoms with Crippen LogP contribution in [0.4, 0.5) is 4.79 Å². The van der Waals surface area contributed by atoms with Gasteiger partial charge < -0.3 is 20.1 Å². The molecule has 33 heavy (non-hydrogen) atoms. The number of aliphatic imine (C=N–C) groups is 1. The number of nitrogens with two attached hydrogens (primary N) is 1. The lowest BCUT2D eigenvalue weighted by molar-refractivity contribution is -0.146. The van der Waals surface area contributed by atoms with Crippen molar-refractivity contribution in [3.8, 4) is 11.1 Å². The molecule has 2 aromatic carbocycles. The lowest BCUT2D eigenvalue weighted by Crippen LogP contribution is -2.40. The number of carbonyl (C=O) groups is 3. The Morgan fingerprint density at radius 3 is 1.85 bits per heavy atom. The molecular formula is C25H29N3O5. The van der Waals surface area contributed by atoms with E-state index >= 15 is 0 Å². The van der Waals surface area contributed by atoms with Crippen LogP contribution in [-0.2, 0) is 14.3 Å². The second-order valence-corrected chi connectivity index (χ2v) is 8.07. The number of ether oxygens (including phenoxy) is 2. The number of methoxy groups -OCH3 is 2. The fourth-order valence-electron chi connectivity index (χ4n) is 4.08. The van der Waals surface area contributed by atoms with Crippen molar-refractivity contribution in [3.05, 3.63) is 59.7 Å². The number of benzene rings is 2. The normalized spacial score (nSPS) is 18.3. The average Bonchev–Trinajstić information content (AvgIpc) is 2.87. The van der Waals surface area contributed by atoms with Crippen LogP contribution >= 0.6 is 0 Å². The van der Waals surface area contributed by atoms with E-state index in [1.165, 1.54) is 14.2 Å². The van der Waals surface area contributed by atoms with Gasteiger partial charge in [0.2, 0.25) is 0 Å². The van der Waals surface area contributed by atoms with Crippen molar-refractivity contribution >= 4 is 23.8 Å². The third kappa shape index (κ3) is 5.77. The minimum Gasteiger partial charge on any atom is -0.469 e. The molecule has 0 aromatic heterocycles. The zero-order valence-corrected chi connectivity index (χ0v) is 19.1. The van der Waals surface area contributed by atoms with Gasteiger partial charge in [-0.1, -0.05) is 36.4 Å². The maximum Gasteiger partial charge on any atom is 0.435 e. The average molecular weight is 452 g/mol. The van der Waals surface area contributed by atoms with Gasteiger partial charge >= 0.3 is 12.1 Å². The summed E-state index contributed by atoms with van der Waals surface area (Å²) >= 11 is 0. The molecule has 2 N–H and O–H groups in total. The third-order valence-electron chi connectivity index (χ3n) is 6.13. The van der Waals surface area contributed by atoms with E-state index in [-0.39, 0.29) is 29.7 Å². The van der Waals surface area contributed by atoms with Gasteiger partial charge in [-0.15, -0.1) is 0 Å². The molecule has 3 rings (SSSR count). The molecule has 8 nitrogen and oxygen atoms in total. The van der Waals surface area contributed by atoms with E-state index < -0.39 is 6.09 Å². The zero-order chi connectivity index (χ0) is 24.0. The van der Waals surface area contributed by atoms with Crippen LogP contribution in [0.25, 0.3) is 11.1 Å². The monoisotopic (exact) mass is 451 g/mol. The van der Waals surface area contributed by atoms with Gasteiger partial charge in [0.15, 0.2) is 0 Å². The number of amides is 2. The number of rotatable bonds is 5. The minimum absolute atomic E-state index is 0.0368. The molecule has 1 fully saturated rings. The summed E-state index contributed by atoms with van der Waals surface area (Å²) in [5.74, 6) is -0.185. The quantitative estimate of drug-likeness (QED) is 0.422. The first-order valence-corrected chi connectivity index (χ1v) is 10.8. The number of nitrogens with zero attached hydrogens (tertiary/aromatic N) is 2. The first-order chi connectivity index (χ1) is 15.8. The predicted octanol–water partition coefficient (Wildman–Crippen LogP) is 3.63. The highest BCUT2D eigenvalue weighted by Crippen LogP contribution is 2.29. The molecule has 0 bridgehead atoms. The summed E-state index contributed by atoms with van der Waals surface area (Å²) < 4.78 is 9.32. The van der Waals surface area contributed by atoms with E-state index in [4.69, 9.17) is 10.5 Å². The molecular weight excluding hydrogens is 422 g/mol. The molecule has 1 aliphatic carbocycles. The van der Waals surface area contributed by atoms with E-state index in [0.29, 0.717) is 11.1 Å². The molecule has 0 heterocycles. The lowest BCUT2D eigenvalue weighted by Gasteiger charge is -2.33. The number of hydrogen-bond donors (Lipinski definition) is 1. The second-order valence-electron chi connectivity index (χ2n) is 8.07. The summed E-state index contributed by atoms with van der Waals surface area (Å²) in [5.41, 5.74) is 8.93. The minimum atomic E-state index is -0.752. The Kier molecular flexibility index (Phi) is 7.82. The van der Waals surface area contributed by atoms with Crippen molar-refractivity contribution < 1.29 is 23.9 Å². The Morgan fingerprint density at radius 2 is 1.36 bits per heavy atom. The van der Waals surface area contributed by atoms with Gasteiger partial charge in [0, 0.05) is 24.2 Å². The van der Waals surface area contributed by atoms with E-state index in [2.05, 4.69) is 9.73 Å². The molecule has 2 aromatic rings. The van der Waals surface area contributed by atoms with Crippen LogP contribution in [-0.4, -0.2) is 56.0 Å². The summed E-state index contributed by atoms with van der Waals surface area (Å²) in [6.07, 6.45) is 2.29. The highest BCUT2D eigenvalue weighted by atomic mass is 16.5. The van der Waals surface area contributed by atoms with Crippen LogP contribution in [0, 0.1) is 5.92 Å². The summed E-state index contributed by atoms with van der Waals surface area (Å²) in [6.45, 7) is 0. The van der Waals surface area contributed by atoms with Crippen molar-refractivity contribution in [2.24, 2.45) is 16.6 Å². The summed E-state index contributed by atoms with van der Waals surface area (Å²) in [4.78, 5) is 41.3. The van der Waals surface area contributed by atoms with Crippen molar-refractivity contribution in [3.63, 3.8) is 0 Å². The molecule has 1 saturated carbocycles. The largest absolute Gasteiger partial charge is 0.469 e. The standard InChI is InChI=1S/C25H29N3O5/c1-28(21-14-12-20(13-15-21)24(30)32-2)23(29)19-10-6-17(7-11-19)16-4-8-18(9-5-16)22(26)27-25(31)33-3/h4-11,20-21H,12-15H2,1-3H3,(H2,26,27,31). The molecule has 0 atom stereocenters. The van der Waals surface area contributed by atoms with Crippen molar-refractivity contribution in [1.29, 1.82) is 0 Å². The maximum absolute atomic E-state index is 13.0.